The van der Waals surface area contributed by atoms with Crippen molar-refractivity contribution in [2.75, 3.05) is 36.9 Å². The van der Waals surface area contributed by atoms with Gasteiger partial charge in [-0.05, 0) is 5.92 Å². The molecule has 29 heavy (non-hydrogen) atoms. The van der Waals surface area contributed by atoms with E-state index in [1.165, 1.54) is 9.47 Å². The topological polar surface area (TPSA) is 124 Å². The number of ether oxygens (including phenoxy) is 1. The Bertz CT molecular complexity index is 1050. The average Bonchev–Trinajstić information content (AvgIpc) is 2.90. The summed E-state index contributed by atoms with van der Waals surface area (Å²) in [6.07, 6.45) is 1.07. The Kier molecular flexibility index (Phi) is 5.46. The van der Waals surface area contributed by atoms with Gasteiger partial charge >= 0.3 is 5.97 Å². The maximum Gasteiger partial charge on any atom is 0.341 e. The smallest absolute Gasteiger partial charge is 0.341 e. The van der Waals surface area contributed by atoms with Crippen LogP contribution in [0.1, 0.15) is 23.3 Å². The molecule has 2 atom stereocenters. The van der Waals surface area contributed by atoms with Crippen LogP contribution in [0.4, 0.5) is 20.2 Å². The Morgan fingerprint density at radius 2 is 1.93 bits per heavy atom. The van der Waals surface area contributed by atoms with Crippen molar-refractivity contribution in [3.8, 4) is 0 Å². The second-order valence-corrected chi connectivity index (χ2v) is 7.44. The third kappa shape index (κ3) is 3.11. The molecule has 2 aliphatic rings. The van der Waals surface area contributed by atoms with Crippen molar-refractivity contribution in [3.05, 3.63) is 33.6 Å². The van der Waals surface area contributed by atoms with Crippen LogP contribution in [-0.4, -0.2) is 48.0 Å². The van der Waals surface area contributed by atoms with Gasteiger partial charge in [0.15, 0.2) is 11.6 Å². The summed E-state index contributed by atoms with van der Waals surface area (Å²) in [4.78, 5) is 25.6. The fourth-order valence-corrected chi connectivity index (χ4v) is 3.83. The van der Waals surface area contributed by atoms with Gasteiger partial charge in [-0.1, -0.05) is 6.92 Å². The van der Waals surface area contributed by atoms with Gasteiger partial charge in [-0.15, -0.1) is 12.4 Å². The molecule has 1 aromatic heterocycles. The van der Waals surface area contributed by atoms with Gasteiger partial charge in [0.25, 0.3) is 0 Å². The lowest BCUT2D eigenvalue weighted by Crippen LogP contribution is -2.34. The number of fused-ring (bicyclic) bond motifs is 1. The fraction of sp³-hybridized carbons (Fsp3) is 0.444. The van der Waals surface area contributed by atoms with Crippen LogP contribution in [0.3, 0.4) is 0 Å². The van der Waals surface area contributed by atoms with E-state index in [9.17, 15) is 14.7 Å². The zero-order chi connectivity index (χ0) is 20.3. The number of anilines is 2. The molecule has 1 aromatic carbocycles. The number of aromatic carboxylic acids is 1. The van der Waals surface area contributed by atoms with Crippen LogP contribution < -0.4 is 21.8 Å². The first-order chi connectivity index (χ1) is 13.2. The summed E-state index contributed by atoms with van der Waals surface area (Å²) >= 11 is 0. The van der Waals surface area contributed by atoms with Gasteiger partial charge in [-0.2, -0.15) is 0 Å². The average molecular weight is 431 g/mol. The maximum absolute atomic E-state index is 15.6. The number of nitrogens with two attached hydrogens (primary N) is 2. The molecular weight excluding hydrogens is 410 g/mol. The van der Waals surface area contributed by atoms with E-state index >= 15 is 8.78 Å². The number of nitrogens with zero attached hydrogens (tertiary/aromatic N) is 2. The molecule has 2 aliphatic heterocycles. The molecular formula is C18H21ClF2N4O4. The zero-order valence-electron chi connectivity index (χ0n) is 15.5. The predicted molar refractivity (Wildman–Crippen MR) is 106 cm³/mol. The highest BCUT2D eigenvalue weighted by atomic mass is 35.5. The van der Waals surface area contributed by atoms with Crippen molar-refractivity contribution in [2.45, 2.75) is 19.0 Å². The molecule has 8 nitrogen and oxygen atoms in total. The van der Waals surface area contributed by atoms with Gasteiger partial charge in [-0.25, -0.2) is 13.6 Å². The Morgan fingerprint density at radius 1 is 1.28 bits per heavy atom. The fourth-order valence-electron chi connectivity index (χ4n) is 3.83. The molecule has 2 unspecified atom stereocenters. The monoisotopic (exact) mass is 430 g/mol. The molecule has 0 radical (unpaired) electrons. The Balaban J connectivity index is 0.00000240. The van der Waals surface area contributed by atoms with E-state index in [2.05, 4.69) is 0 Å². The molecule has 2 fully saturated rings. The van der Waals surface area contributed by atoms with Crippen molar-refractivity contribution in [1.29, 1.82) is 0 Å². The van der Waals surface area contributed by atoms with E-state index in [-0.39, 0.29) is 61.4 Å². The quantitative estimate of drug-likeness (QED) is 0.627. The van der Waals surface area contributed by atoms with E-state index in [0.717, 1.165) is 6.20 Å². The number of carbonyl (C=O) groups is 1. The van der Waals surface area contributed by atoms with Crippen LogP contribution in [0.15, 0.2) is 11.0 Å². The summed E-state index contributed by atoms with van der Waals surface area (Å²) in [6.45, 7) is 2.89. The highest BCUT2D eigenvalue weighted by Crippen LogP contribution is 2.38. The number of aromatic nitrogens is 1. The number of hydrogen-bond donors (Lipinski definition) is 3. The first-order valence-electron chi connectivity index (χ1n) is 8.89. The van der Waals surface area contributed by atoms with Crippen molar-refractivity contribution in [3.63, 3.8) is 0 Å². The number of carboxylic acids is 1. The molecule has 158 valence electrons. The molecule has 11 heteroatoms. The minimum absolute atomic E-state index is 0. The lowest BCUT2D eigenvalue weighted by Gasteiger charge is -2.31. The molecule has 3 heterocycles. The molecule has 0 aliphatic carbocycles. The van der Waals surface area contributed by atoms with Gasteiger partial charge in [0.2, 0.25) is 5.43 Å². The van der Waals surface area contributed by atoms with Crippen molar-refractivity contribution < 1.29 is 23.4 Å². The Labute approximate surface area is 170 Å². The lowest BCUT2D eigenvalue weighted by atomic mass is 10.0. The second kappa shape index (κ2) is 7.43. The van der Waals surface area contributed by atoms with Crippen molar-refractivity contribution in [2.24, 2.45) is 11.7 Å². The molecule has 2 aromatic rings. The van der Waals surface area contributed by atoms with Crippen LogP contribution >= 0.6 is 12.4 Å². The Hall–Kier alpha value is -2.43. The minimum Gasteiger partial charge on any atom is -0.477 e. The molecule has 4 rings (SSSR count). The number of carboxylic acid groups (broad SMARTS) is 1. The van der Waals surface area contributed by atoms with Crippen LogP contribution in [0.2, 0.25) is 0 Å². The van der Waals surface area contributed by atoms with E-state index in [1.807, 2.05) is 6.92 Å². The first kappa shape index (κ1) is 21.3. The van der Waals surface area contributed by atoms with E-state index in [0.29, 0.717) is 6.54 Å². The second-order valence-electron chi connectivity index (χ2n) is 7.44. The molecule has 0 bridgehead atoms. The lowest BCUT2D eigenvalue weighted by molar-refractivity contribution is -0.0219. The highest BCUT2D eigenvalue weighted by Gasteiger charge is 2.35. The van der Waals surface area contributed by atoms with E-state index in [1.54, 1.807) is 0 Å². The largest absolute Gasteiger partial charge is 0.477 e. The van der Waals surface area contributed by atoms with Crippen LogP contribution in [0, 0.1) is 17.6 Å². The number of hydrogen-bond acceptors (Lipinski definition) is 6. The number of nitrogen functional groups attached to an aromatic ring is 1. The number of pyridine rings is 1. The summed E-state index contributed by atoms with van der Waals surface area (Å²) in [7, 11) is 0. The van der Waals surface area contributed by atoms with Gasteiger partial charge in [0.1, 0.15) is 11.3 Å². The third-order valence-corrected chi connectivity index (χ3v) is 5.60. The predicted octanol–water partition coefficient (Wildman–Crippen LogP) is 1.34. The third-order valence-electron chi connectivity index (χ3n) is 5.60. The van der Waals surface area contributed by atoms with E-state index < -0.39 is 39.7 Å². The highest BCUT2D eigenvalue weighted by molar-refractivity contribution is 5.99. The van der Waals surface area contributed by atoms with Crippen molar-refractivity contribution >= 4 is 40.7 Å². The minimum atomic E-state index is -1.50. The number of halogens is 3. The number of benzene rings is 1. The summed E-state index contributed by atoms with van der Waals surface area (Å²) in [5, 5.41) is 8.87. The maximum atomic E-state index is 15.6. The first-order valence-corrected chi connectivity index (χ1v) is 8.89. The summed E-state index contributed by atoms with van der Waals surface area (Å²) in [6, 6.07) is -0.638. The summed E-state index contributed by atoms with van der Waals surface area (Å²) < 4.78 is 37.1. The molecule has 0 spiro atoms. The molecule has 0 amide bonds. The normalized spacial score (nSPS) is 21.9. The standard InChI is InChI=1S/C18H20F2N4O4.ClH/c1-7-2-23(4-10(7)21)16-12(19)14(22)11-15(13(16)20)24(8-5-28-6-8)3-9(17(11)25)18(26)27;/h3,7-8,10H,2,4-6,21-22H2,1H3,(H,26,27);1H. The summed E-state index contributed by atoms with van der Waals surface area (Å²) in [5.41, 5.74) is 9.12. The molecule has 2 saturated heterocycles. The number of rotatable bonds is 3. The van der Waals surface area contributed by atoms with Crippen LogP contribution in [0.25, 0.3) is 10.9 Å². The zero-order valence-corrected chi connectivity index (χ0v) is 16.3. The van der Waals surface area contributed by atoms with E-state index in [4.69, 9.17) is 16.2 Å². The van der Waals surface area contributed by atoms with Gasteiger partial charge < -0.3 is 30.8 Å². The summed E-state index contributed by atoms with van der Waals surface area (Å²) in [5.74, 6) is -3.51. The SMILES string of the molecule is CC1CN(c2c(F)c(N)c3c(=O)c(C(=O)O)cn(C4COC4)c3c2F)CC1N.Cl. The van der Waals surface area contributed by atoms with Gasteiger partial charge in [-0.3, -0.25) is 4.79 Å². The molecule has 5 N–H and O–H groups in total. The van der Waals surface area contributed by atoms with Gasteiger partial charge in [0.05, 0.1) is 35.8 Å². The molecule has 0 saturated carbocycles. The Morgan fingerprint density at radius 3 is 2.41 bits per heavy atom. The van der Waals surface area contributed by atoms with Crippen LogP contribution in [-0.2, 0) is 4.74 Å². The van der Waals surface area contributed by atoms with Crippen molar-refractivity contribution in [1.82, 2.24) is 4.57 Å². The van der Waals surface area contributed by atoms with Crippen LogP contribution in [0.5, 0.6) is 0 Å². The van der Waals surface area contributed by atoms with Gasteiger partial charge in [0, 0.05) is 25.3 Å².